The third kappa shape index (κ3) is 4.73. The number of amides is 1. The number of nitrogens with one attached hydrogen (secondary N) is 1. The summed E-state index contributed by atoms with van der Waals surface area (Å²) in [4.78, 5) is 32.0. The number of nitrogens with zero attached hydrogens (tertiary/aromatic N) is 2. The number of pyridine rings is 1. The fourth-order valence-corrected chi connectivity index (χ4v) is 4.18. The van der Waals surface area contributed by atoms with Gasteiger partial charge in [0.05, 0.1) is 18.8 Å². The van der Waals surface area contributed by atoms with Gasteiger partial charge < -0.3 is 19.7 Å². The van der Waals surface area contributed by atoms with Crippen molar-refractivity contribution < 1.29 is 19.1 Å². The zero-order valence-corrected chi connectivity index (χ0v) is 18.2. The number of hydrogen-bond donors (Lipinski definition) is 1. The lowest BCUT2D eigenvalue weighted by Gasteiger charge is -2.27. The summed E-state index contributed by atoms with van der Waals surface area (Å²) in [6.45, 7) is 3.47. The fourth-order valence-electron chi connectivity index (χ4n) is 4.18. The molecule has 168 valence electrons. The fraction of sp³-hybridized carbons (Fsp3) is 0.269. The molecule has 1 amide bonds. The van der Waals surface area contributed by atoms with Crippen LogP contribution in [0.2, 0.25) is 0 Å². The first-order chi connectivity index (χ1) is 16.2. The Morgan fingerprint density at radius 2 is 1.88 bits per heavy atom. The van der Waals surface area contributed by atoms with Crippen molar-refractivity contribution in [2.24, 2.45) is 0 Å². The van der Waals surface area contributed by atoms with Crippen molar-refractivity contribution in [1.82, 2.24) is 10.3 Å². The number of esters is 1. The minimum Gasteiger partial charge on any atom is -0.454 e. The summed E-state index contributed by atoms with van der Waals surface area (Å²) in [5, 5.41) is 2.95. The molecule has 33 heavy (non-hydrogen) atoms. The number of hydrogen-bond acceptors (Lipinski definition) is 6. The molecule has 0 spiro atoms. The molecule has 7 heteroatoms. The molecule has 2 aliphatic heterocycles. The molecule has 1 fully saturated rings. The smallest absolute Gasteiger partial charge is 0.339 e. The SMILES string of the molecule is O=C(NCc1ccc(N2CCOCC2)nc1)c1ccc2c(c1)C[C@@H](c1ccccc1)OC2=O. The average molecular weight is 444 g/mol. The number of benzene rings is 2. The van der Waals surface area contributed by atoms with Crippen LogP contribution in [-0.4, -0.2) is 43.2 Å². The molecule has 0 bridgehead atoms. The third-order valence-corrected chi connectivity index (χ3v) is 6.01. The number of carbonyl (C=O) groups excluding carboxylic acids is 2. The van der Waals surface area contributed by atoms with Crippen LogP contribution in [0.3, 0.4) is 0 Å². The Morgan fingerprint density at radius 3 is 2.64 bits per heavy atom. The van der Waals surface area contributed by atoms with Gasteiger partial charge in [-0.25, -0.2) is 9.78 Å². The predicted octanol–water partition coefficient (Wildman–Crippen LogP) is 3.30. The highest BCUT2D eigenvalue weighted by atomic mass is 16.5. The molecule has 1 aromatic heterocycles. The summed E-state index contributed by atoms with van der Waals surface area (Å²) in [7, 11) is 0. The molecule has 2 aromatic carbocycles. The predicted molar refractivity (Wildman–Crippen MR) is 123 cm³/mol. The standard InChI is InChI=1S/C26H25N3O4/c30-25(28-17-18-6-9-24(27-16-18)29-10-12-32-13-11-29)20-7-8-22-21(14-20)15-23(33-26(22)31)19-4-2-1-3-5-19/h1-9,14,16,23H,10-13,15,17H2,(H,28,30)/t23-/m0/s1. The third-order valence-electron chi connectivity index (χ3n) is 6.01. The number of rotatable bonds is 5. The summed E-state index contributed by atoms with van der Waals surface area (Å²) >= 11 is 0. The summed E-state index contributed by atoms with van der Waals surface area (Å²) in [6, 6.07) is 18.7. The first-order valence-corrected chi connectivity index (χ1v) is 11.1. The molecule has 5 rings (SSSR count). The van der Waals surface area contributed by atoms with Gasteiger partial charge in [0, 0.05) is 37.8 Å². The molecular weight excluding hydrogens is 418 g/mol. The quantitative estimate of drug-likeness (QED) is 0.610. The topological polar surface area (TPSA) is 80.8 Å². The van der Waals surface area contributed by atoms with E-state index in [0.717, 1.165) is 35.6 Å². The van der Waals surface area contributed by atoms with Crippen LogP contribution in [0.5, 0.6) is 0 Å². The van der Waals surface area contributed by atoms with Crippen molar-refractivity contribution in [3.05, 3.63) is 94.7 Å². The molecule has 0 unspecified atom stereocenters. The van der Waals surface area contributed by atoms with E-state index >= 15 is 0 Å². The Labute approximate surface area is 192 Å². The van der Waals surface area contributed by atoms with E-state index in [2.05, 4.69) is 15.2 Å². The van der Waals surface area contributed by atoms with Crippen LogP contribution in [0.15, 0.2) is 66.9 Å². The van der Waals surface area contributed by atoms with E-state index in [0.29, 0.717) is 37.3 Å². The Bertz CT molecular complexity index is 1140. The van der Waals surface area contributed by atoms with Gasteiger partial charge in [-0.1, -0.05) is 36.4 Å². The molecular formula is C26H25N3O4. The second-order valence-corrected chi connectivity index (χ2v) is 8.19. The average Bonchev–Trinajstić information content (AvgIpc) is 2.88. The van der Waals surface area contributed by atoms with Crippen molar-refractivity contribution >= 4 is 17.7 Å². The van der Waals surface area contributed by atoms with Crippen LogP contribution >= 0.6 is 0 Å². The zero-order valence-electron chi connectivity index (χ0n) is 18.2. The molecule has 0 aliphatic carbocycles. The largest absolute Gasteiger partial charge is 0.454 e. The number of ether oxygens (including phenoxy) is 2. The van der Waals surface area contributed by atoms with Crippen molar-refractivity contribution in [3.63, 3.8) is 0 Å². The number of fused-ring (bicyclic) bond motifs is 1. The van der Waals surface area contributed by atoms with Crippen LogP contribution in [0, 0.1) is 0 Å². The van der Waals surface area contributed by atoms with Crippen molar-refractivity contribution in [3.8, 4) is 0 Å². The maximum Gasteiger partial charge on any atom is 0.339 e. The van der Waals surface area contributed by atoms with Gasteiger partial charge in [0.1, 0.15) is 11.9 Å². The van der Waals surface area contributed by atoms with Crippen molar-refractivity contribution in [1.29, 1.82) is 0 Å². The lowest BCUT2D eigenvalue weighted by molar-refractivity contribution is 0.0252. The highest BCUT2D eigenvalue weighted by molar-refractivity contribution is 5.97. The second kappa shape index (κ2) is 9.42. The lowest BCUT2D eigenvalue weighted by atomic mass is 9.93. The second-order valence-electron chi connectivity index (χ2n) is 8.19. The molecule has 7 nitrogen and oxygen atoms in total. The normalized spacial score (nSPS) is 17.8. The Hall–Kier alpha value is -3.71. The molecule has 0 radical (unpaired) electrons. The van der Waals surface area contributed by atoms with E-state index in [4.69, 9.17) is 9.47 Å². The maximum atomic E-state index is 12.8. The van der Waals surface area contributed by atoms with E-state index in [1.807, 2.05) is 42.5 Å². The van der Waals surface area contributed by atoms with Gasteiger partial charge in [-0.3, -0.25) is 4.79 Å². The van der Waals surface area contributed by atoms with Crippen LogP contribution in [0.4, 0.5) is 5.82 Å². The number of aromatic nitrogens is 1. The maximum absolute atomic E-state index is 12.8. The molecule has 0 saturated carbocycles. The van der Waals surface area contributed by atoms with Gasteiger partial charge in [0.2, 0.25) is 0 Å². The van der Waals surface area contributed by atoms with E-state index in [1.54, 1.807) is 24.4 Å². The lowest BCUT2D eigenvalue weighted by Crippen LogP contribution is -2.36. The summed E-state index contributed by atoms with van der Waals surface area (Å²) in [5.74, 6) is 0.372. The van der Waals surface area contributed by atoms with Gasteiger partial charge >= 0.3 is 5.97 Å². The highest BCUT2D eigenvalue weighted by Gasteiger charge is 2.28. The van der Waals surface area contributed by atoms with Crippen LogP contribution < -0.4 is 10.2 Å². The minimum absolute atomic E-state index is 0.190. The molecule has 3 heterocycles. The zero-order chi connectivity index (χ0) is 22.6. The molecule has 1 N–H and O–H groups in total. The Morgan fingerprint density at radius 1 is 1.06 bits per heavy atom. The van der Waals surface area contributed by atoms with Crippen molar-refractivity contribution in [2.75, 3.05) is 31.2 Å². The number of morpholine rings is 1. The number of anilines is 1. The van der Waals surface area contributed by atoms with Gasteiger partial charge in [0.25, 0.3) is 5.91 Å². The van der Waals surface area contributed by atoms with Crippen molar-refractivity contribution in [2.45, 2.75) is 19.1 Å². The van der Waals surface area contributed by atoms with Crippen LogP contribution in [0.1, 0.15) is 43.5 Å². The van der Waals surface area contributed by atoms with Gasteiger partial charge in [-0.05, 0) is 41.0 Å². The monoisotopic (exact) mass is 443 g/mol. The first-order valence-electron chi connectivity index (χ1n) is 11.1. The summed E-state index contributed by atoms with van der Waals surface area (Å²) in [5.41, 5.74) is 3.73. The molecule has 3 aromatic rings. The van der Waals surface area contributed by atoms with Gasteiger partial charge in [-0.15, -0.1) is 0 Å². The Balaban J connectivity index is 1.24. The van der Waals surface area contributed by atoms with Gasteiger partial charge in [0.15, 0.2) is 0 Å². The number of cyclic esters (lactones) is 1. The van der Waals surface area contributed by atoms with E-state index in [-0.39, 0.29) is 18.0 Å². The summed E-state index contributed by atoms with van der Waals surface area (Å²) in [6.07, 6.45) is 1.98. The van der Waals surface area contributed by atoms with E-state index in [9.17, 15) is 9.59 Å². The molecule has 1 saturated heterocycles. The van der Waals surface area contributed by atoms with Crippen LogP contribution in [-0.2, 0) is 22.4 Å². The molecule has 2 aliphatic rings. The minimum atomic E-state index is -0.358. The summed E-state index contributed by atoms with van der Waals surface area (Å²) < 4.78 is 11.0. The first kappa shape index (κ1) is 21.2. The van der Waals surface area contributed by atoms with Crippen LogP contribution in [0.25, 0.3) is 0 Å². The highest BCUT2D eigenvalue weighted by Crippen LogP contribution is 2.31. The molecule has 1 atom stereocenters. The van der Waals surface area contributed by atoms with Gasteiger partial charge in [-0.2, -0.15) is 0 Å². The van der Waals surface area contributed by atoms with E-state index in [1.165, 1.54) is 0 Å². The van der Waals surface area contributed by atoms with E-state index < -0.39 is 0 Å². The number of carbonyl (C=O) groups is 2. The Kier molecular flexibility index (Phi) is 6.04.